The molecule has 0 unspecified atom stereocenters. The van der Waals surface area contributed by atoms with Gasteiger partial charge in [0, 0.05) is 11.6 Å². The standard InChI is InChI=1S/C17H15F3N2O4/c18-17(19,20)13-5-7-14(8-6-13)26-10-9-21-16(23)11-12-3-1-2-4-15(12)22(24)25/h1-8H,9-11H2,(H,21,23). The molecule has 0 bridgehead atoms. The number of nitro benzene ring substituents is 1. The molecule has 2 aromatic rings. The van der Waals surface area contributed by atoms with Crippen LogP contribution < -0.4 is 10.1 Å². The first-order valence-corrected chi connectivity index (χ1v) is 7.56. The SMILES string of the molecule is O=C(Cc1ccccc1[N+](=O)[O-])NCCOc1ccc(C(F)(F)F)cc1. The van der Waals surface area contributed by atoms with Gasteiger partial charge < -0.3 is 10.1 Å². The third-order valence-electron chi connectivity index (χ3n) is 3.41. The van der Waals surface area contributed by atoms with E-state index in [0.717, 1.165) is 12.1 Å². The summed E-state index contributed by atoms with van der Waals surface area (Å²) >= 11 is 0. The van der Waals surface area contributed by atoms with Crippen molar-refractivity contribution in [3.63, 3.8) is 0 Å². The van der Waals surface area contributed by atoms with Gasteiger partial charge in [0.05, 0.1) is 23.5 Å². The van der Waals surface area contributed by atoms with Crippen molar-refractivity contribution in [3.05, 3.63) is 69.8 Å². The molecule has 138 valence electrons. The van der Waals surface area contributed by atoms with Gasteiger partial charge in [-0.2, -0.15) is 13.2 Å². The van der Waals surface area contributed by atoms with E-state index >= 15 is 0 Å². The van der Waals surface area contributed by atoms with E-state index in [-0.39, 0.29) is 31.0 Å². The van der Waals surface area contributed by atoms with Gasteiger partial charge in [-0.05, 0) is 24.3 Å². The Hall–Kier alpha value is -3.10. The van der Waals surface area contributed by atoms with E-state index in [2.05, 4.69) is 5.32 Å². The predicted molar refractivity (Wildman–Crippen MR) is 86.7 cm³/mol. The Labute approximate surface area is 146 Å². The number of amides is 1. The second kappa shape index (κ2) is 8.32. The largest absolute Gasteiger partial charge is 0.492 e. The quantitative estimate of drug-likeness (QED) is 0.462. The number of rotatable bonds is 7. The molecule has 0 aliphatic rings. The van der Waals surface area contributed by atoms with Gasteiger partial charge in [0.25, 0.3) is 5.69 Å². The van der Waals surface area contributed by atoms with Crippen molar-refractivity contribution >= 4 is 11.6 Å². The molecule has 6 nitrogen and oxygen atoms in total. The molecule has 9 heteroatoms. The van der Waals surface area contributed by atoms with Crippen LogP contribution in [0, 0.1) is 10.1 Å². The van der Waals surface area contributed by atoms with E-state index in [1.807, 2.05) is 0 Å². The zero-order chi connectivity index (χ0) is 19.2. The Balaban J connectivity index is 1.78. The molecule has 0 saturated carbocycles. The third-order valence-corrected chi connectivity index (χ3v) is 3.41. The summed E-state index contributed by atoms with van der Waals surface area (Å²) in [6.45, 7) is 0.161. The molecule has 26 heavy (non-hydrogen) atoms. The Morgan fingerprint density at radius 3 is 2.38 bits per heavy atom. The van der Waals surface area contributed by atoms with Gasteiger partial charge in [-0.25, -0.2) is 0 Å². The molecule has 0 aliphatic heterocycles. The molecule has 0 aliphatic carbocycles. The number of nitrogens with zero attached hydrogens (tertiary/aromatic N) is 1. The third kappa shape index (κ3) is 5.47. The minimum Gasteiger partial charge on any atom is -0.492 e. The summed E-state index contributed by atoms with van der Waals surface area (Å²) in [6, 6.07) is 10.1. The van der Waals surface area contributed by atoms with Gasteiger partial charge in [0.15, 0.2) is 0 Å². The molecule has 2 rings (SSSR count). The van der Waals surface area contributed by atoms with Crippen molar-refractivity contribution < 1.29 is 27.6 Å². The first-order chi connectivity index (χ1) is 12.3. The molecule has 1 amide bonds. The van der Waals surface area contributed by atoms with Gasteiger partial charge >= 0.3 is 6.18 Å². The van der Waals surface area contributed by atoms with E-state index in [9.17, 15) is 28.1 Å². The summed E-state index contributed by atoms with van der Waals surface area (Å²) in [6.07, 6.45) is -4.57. The number of hydrogen-bond acceptors (Lipinski definition) is 4. The second-order valence-electron chi connectivity index (χ2n) is 5.28. The first kappa shape index (κ1) is 19.2. The minimum atomic E-state index is -4.41. The van der Waals surface area contributed by atoms with Crippen LogP contribution in [0.25, 0.3) is 0 Å². The number of para-hydroxylation sites is 1. The number of hydrogen-bond donors (Lipinski definition) is 1. The van der Waals surface area contributed by atoms with E-state index in [4.69, 9.17) is 4.74 Å². The highest BCUT2D eigenvalue weighted by Gasteiger charge is 2.30. The van der Waals surface area contributed by atoms with Crippen LogP contribution in [0.1, 0.15) is 11.1 Å². The number of alkyl halides is 3. The lowest BCUT2D eigenvalue weighted by Crippen LogP contribution is -2.29. The van der Waals surface area contributed by atoms with Crippen molar-refractivity contribution in [3.8, 4) is 5.75 Å². The van der Waals surface area contributed by atoms with Crippen molar-refractivity contribution in [1.82, 2.24) is 5.32 Å². The molecule has 0 atom stereocenters. The second-order valence-corrected chi connectivity index (χ2v) is 5.28. The van der Waals surface area contributed by atoms with Gasteiger partial charge in [-0.15, -0.1) is 0 Å². The summed E-state index contributed by atoms with van der Waals surface area (Å²) < 4.78 is 42.6. The number of nitrogens with one attached hydrogen (secondary N) is 1. The van der Waals surface area contributed by atoms with Gasteiger partial charge in [-0.1, -0.05) is 18.2 Å². The smallest absolute Gasteiger partial charge is 0.416 e. The van der Waals surface area contributed by atoms with Crippen LogP contribution in [0.15, 0.2) is 48.5 Å². The number of carbonyl (C=O) groups is 1. The minimum absolute atomic E-state index is 0.0496. The van der Waals surface area contributed by atoms with Crippen molar-refractivity contribution in [2.24, 2.45) is 0 Å². The fraction of sp³-hybridized carbons (Fsp3) is 0.235. The van der Waals surface area contributed by atoms with Gasteiger partial charge in [-0.3, -0.25) is 14.9 Å². The summed E-state index contributed by atoms with van der Waals surface area (Å²) in [5.74, 6) is -0.179. The first-order valence-electron chi connectivity index (χ1n) is 7.56. The average Bonchev–Trinajstić information content (AvgIpc) is 2.58. The van der Waals surface area contributed by atoms with Crippen LogP contribution in [-0.4, -0.2) is 24.0 Å². The zero-order valence-electron chi connectivity index (χ0n) is 13.5. The van der Waals surface area contributed by atoms with Crippen LogP contribution in [0.2, 0.25) is 0 Å². The summed E-state index contributed by atoms with van der Waals surface area (Å²) in [4.78, 5) is 22.2. The molecule has 2 aromatic carbocycles. The highest BCUT2D eigenvalue weighted by Crippen LogP contribution is 2.30. The number of carbonyl (C=O) groups excluding carboxylic acids is 1. The van der Waals surface area contributed by atoms with E-state index in [0.29, 0.717) is 5.56 Å². The number of halogens is 3. The molecule has 0 fully saturated rings. The summed E-state index contributed by atoms with van der Waals surface area (Å²) in [7, 11) is 0. The fourth-order valence-electron chi connectivity index (χ4n) is 2.17. The van der Waals surface area contributed by atoms with Crippen LogP contribution in [0.5, 0.6) is 5.75 Å². The molecule has 0 saturated heterocycles. The highest BCUT2D eigenvalue weighted by atomic mass is 19.4. The Morgan fingerprint density at radius 2 is 1.77 bits per heavy atom. The molecule has 1 N–H and O–H groups in total. The van der Waals surface area contributed by atoms with E-state index in [1.54, 1.807) is 6.07 Å². The molecular weight excluding hydrogens is 353 g/mol. The fourth-order valence-corrected chi connectivity index (χ4v) is 2.17. The number of nitro groups is 1. The normalized spacial score (nSPS) is 11.0. The molecule has 0 spiro atoms. The predicted octanol–water partition coefficient (Wildman–Crippen LogP) is 3.35. The number of ether oxygens (including phenoxy) is 1. The Kier molecular flexibility index (Phi) is 6.16. The topological polar surface area (TPSA) is 81.5 Å². The summed E-state index contributed by atoms with van der Waals surface area (Å²) in [5, 5.41) is 13.4. The van der Waals surface area contributed by atoms with Crippen LogP contribution >= 0.6 is 0 Å². The Morgan fingerprint density at radius 1 is 1.12 bits per heavy atom. The molecule has 0 radical (unpaired) electrons. The van der Waals surface area contributed by atoms with Gasteiger partial charge in [0.1, 0.15) is 12.4 Å². The van der Waals surface area contributed by atoms with E-state index < -0.39 is 22.6 Å². The van der Waals surface area contributed by atoms with Crippen molar-refractivity contribution in [1.29, 1.82) is 0 Å². The maximum atomic E-state index is 12.4. The van der Waals surface area contributed by atoms with Crippen LogP contribution in [0.4, 0.5) is 18.9 Å². The van der Waals surface area contributed by atoms with Gasteiger partial charge in [0.2, 0.25) is 5.91 Å². The zero-order valence-corrected chi connectivity index (χ0v) is 13.5. The van der Waals surface area contributed by atoms with Crippen LogP contribution in [-0.2, 0) is 17.4 Å². The number of benzene rings is 2. The Bertz CT molecular complexity index is 776. The summed E-state index contributed by atoms with van der Waals surface area (Å²) in [5.41, 5.74) is -0.620. The lowest BCUT2D eigenvalue weighted by atomic mass is 10.1. The van der Waals surface area contributed by atoms with Crippen molar-refractivity contribution in [2.75, 3.05) is 13.2 Å². The average molecular weight is 368 g/mol. The van der Waals surface area contributed by atoms with Crippen LogP contribution in [0.3, 0.4) is 0 Å². The monoisotopic (exact) mass is 368 g/mol. The lowest BCUT2D eigenvalue weighted by Gasteiger charge is -2.10. The molecule has 0 heterocycles. The van der Waals surface area contributed by atoms with E-state index in [1.165, 1.54) is 30.3 Å². The maximum Gasteiger partial charge on any atom is 0.416 e. The van der Waals surface area contributed by atoms with Crippen molar-refractivity contribution in [2.45, 2.75) is 12.6 Å². The molecule has 0 aromatic heterocycles. The highest BCUT2D eigenvalue weighted by molar-refractivity contribution is 5.79. The lowest BCUT2D eigenvalue weighted by molar-refractivity contribution is -0.385. The maximum absolute atomic E-state index is 12.4. The molecular formula is C17H15F3N2O4.